The predicted octanol–water partition coefficient (Wildman–Crippen LogP) is 3.65. The smallest absolute Gasteiger partial charge is 0.113 e. The summed E-state index contributed by atoms with van der Waals surface area (Å²) in [5, 5.41) is 4.21. The minimum Gasteiger partial charge on any atom is -0.335 e. The van der Waals surface area contributed by atoms with Crippen LogP contribution in [0.5, 0.6) is 0 Å². The van der Waals surface area contributed by atoms with Gasteiger partial charge in [-0.3, -0.25) is 0 Å². The van der Waals surface area contributed by atoms with Gasteiger partial charge in [0, 0.05) is 43.0 Å². The van der Waals surface area contributed by atoms with Crippen LogP contribution in [0.15, 0.2) is 30.6 Å². The van der Waals surface area contributed by atoms with E-state index >= 15 is 0 Å². The SMILES string of the molecule is CCn1ccnc1Cc1ccc(CNC(C)C)c(Cl)c1. The number of rotatable bonds is 6. The lowest BCUT2D eigenvalue weighted by Gasteiger charge is -2.11. The molecule has 0 aliphatic rings. The maximum absolute atomic E-state index is 6.36. The zero-order valence-electron chi connectivity index (χ0n) is 12.4. The standard InChI is InChI=1S/C16H22ClN3/c1-4-20-8-7-18-16(20)10-13-5-6-14(15(17)9-13)11-19-12(2)3/h5-9,12,19H,4,10-11H2,1-3H3. The third-order valence-electron chi connectivity index (χ3n) is 3.32. The Morgan fingerprint density at radius 2 is 2.15 bits per heavy atom. The van der Waals surface area contributed by atoms with E-state index < -0.39 is 0 Å². The molecule has 1 aromatic heterocycles. The number of hydrogen-bond acceptors (Lipinski definition) is 2. The van der Waals surface area contributed by atoms with Crippen molar-refractivity contribution in [1.82, 2.24) is 14.9 Å². The highest BCUT2D eigenvalue weighted by Gasteiger charge is 2.06. The highest BCUT2D eigenvalue weighted by atomic mass is 35.5. The van der Waals surface area contributed by atoms with Gasteiger partial charge in [-0.1, -0.05) is 37.6 Å². The van der Waals surface area contributed by atoms with Gasteiger partial charge in [0.15, 0.2) is 0 Å². The van der Waals surface area contributed by atoms with Gasteiger partial charge in [0.25, 0.3) is 0 Å². The van der Waals surface area contributed by atoms with Crippen molar-refractivity contribution in [2.75, 3.05) is 0 Å². The van der Waals surface area contributed by atoms with Crippen molar-refractivity contribution in [3.63, 3.8) is 0 Å². The van der Waals surface area contributed by atoms with E-state index in [4.69, 9.17) is 11.6 Å². The van der Waals surface area contributed by atoms with Crippen LogP contribution < -0.4 is 5.32 Å². The second-order valence-electron chi connectivity index (χ2n) is 5.27. The molecule has 0 radical (unpaired) electrons. The molecule has 0 amide bonds. The molecule has 0 aliphatic carbocycles. The molecule has 0 unspecified atom stereocenters. The van der Waals surface area contributed by atoms with Crippen LogP contribution in [0.25, 0.3) is 0 Å². The van der Waals surface area contributed by atoms with Crippen molar-refractivity contribution in [2.24, 2.45) is 0 Å². The Labute approximate surface area is 126 Å². The Bertz CT molecular complexity index is 561. The average Bonchev–Trinajstić information content (AvgIpc) is 2.85. The molecule has 2 aromatic rings. The van der Waals surface area contributed by atoms with Gasteiger partial charge in [0.2, 0.25) is 0 Å². The number of aryl methyl sites for hydroxylation is 1. The van der Waals surface area contributed by atoms with Crippen LogP contribution >= 0.6 is 11.6 Å². The zero-order chi connectivity index (χ0) is 14.5. The normalized spacial score (nSPS) is 11.2. The molecule has 0 spiro atoms. The maximum Gasteiger partial charge on any atom is 0.113 e. The van der Waals surface area contributed by atoms with Gasteiger partial charge >= 0.3 is 0 Å². The zero-order valence-corrected chi connectivity index (χ0v) is 13.1. The van der Waals surface area contributed by atoms with Crippen LogP contribution in [0, 0.1) is 0 Å². The van der Waals surface area contributed by atoms with Gasteiger partial charge in [-0.05, 0) is 24.1 Å². The van der Waals surface area contributed by atoms with Gasteiger partial charge in [0.05, 0.1) is 0 Å². The minimum atomic E-state index is 0.461. The Hall–Kier alpha value is -1.32. The van der Waals surface area contributed by atoms with E-state index in [1.54, 1.807) is 0 Å². The number of nitrogens with one attached hydrogen (secondary N) is 1. The molecule has 0 bridgehead atoms. The molecule has 0 aliphatic heterocycles. The van der Waals surface area contributed by atoms with Gasteiger partial charge < -0.3 is 9.88 Å². The van der Waals surface area contributed by atoms with Crippen molar-refractivity contribution in [3.8, 4) is 0 Å². The fourth-order valence-corrected chi connectivity index (χ4v) is 2.41. The summed E-state index contributed by atoms with van der Waals surface area (Å²) in [7, 11) is 0. The highest BCUT2D eigenvalue weighted by molar-refractivity contribution is 6.31. The van der Waals surface area contributed by atoms with E-state index in [0.29, 0.717) is 6.04 Å². The van der Waals surface area contributed by atoms with E-state index in [9.17, 15) is 0 Å². The molecule has 1 heterocycles. The summed E-state index contributed by atoms with van der Waals surface area (Å²) in [4.78, 5) is 4.40. The lowest BCUT2D eigenvalue weighted by Crippen LogP contribution is -2.22. The number of benzene rings is 1. The number of nitrogens with zero attached hydrogens (tertiary/aromatic N) is 2. The molecule has 20 heavy (non-hydrogen) atoms. The van der Waals surface area contributed by atoms with Crippen molar-refractivity contribution < 1.29 is 0 Å². The van der Waals surface area contributed by atoms with E-state index in [1.165, 1.54) is 5.56 Å². The average molecular weight is 292 g/mol. The summed E-state index contributed by atoms with van der Waals surface area (Å²) in [6.07, 6.45) is 4.68. The first kappa shape index (κ1) is 15.1. The van der Waals surface area contributed by atoms with Crippen molar-refractivity contribution in [2.45, 2.75) is 46.3 Å². The summed E-state index contributed by atoms with van der Waals surface area (Å²) >= 11 is 6.36. The lowest BCUT2D eigenvalue weighted by atomic mass is 10.1. The summed E-state index contributed by atoms with van der Waals surface area (Å²) in [5.41, 5.74) is 2.34. The maximum atomic E-state index is 6.36. The van der Waals surface area contributed by atoms with Crippen LogP contribution in [-0.4, -0.2) is 15.6 Å². The molecule has 0 saturated heterocycles. The first-order valence-electron chi connectivity index (χ1n) is 7.10. The fraction of sp³-hybridized carbons (Fsp3) is 0.438. The Morgan fingerprint density at radius 1 is 1.35 bits per heavy atom. The molecule has 3 nitrogen and oxygen atoms in total. The minimum absolute atomic E-state index is 0.461. The molecule has 4 heteroatoms. The largest absolute Gasteiger partial charge is 0.335 e. The fourth-order valence-electron chi connectivity index (χ4n) is 2.14. The number of hydrogen-bond donors (Lipinski definition) is 1. The molecule has 0 atom stereocenters. The van der Waals surface area contributed by atoms with Crippen LogP contribution in [0.4, 0.5) is 0 Å². The molecular formula is C16H22ClN3. The molecular weight excluding hydrogens is 270 g/mol. The van der Waals surface area contributed by atoms with E-state index in [1.807, 2.05) is 18.5 Å². The van der Waals surface area contributed by atoms with Crippen LogP contribution in [0.1, 0.15) is 37.7 Å². The summed E-state index contributed by atoms with van der Waals surface area (Å²) in [6, 6.07) is 6.75. The topological polar surface area (TPSA) is 29.9 Å². The van der Waals surface area contributed by atoms with Crippen molar-refractivity contribution in [1.29, 1.82) is 0 Å². The van der Waals surface area contributed by atoms with E-state index in [2.05, 4.69) is 47.8 Å². The molecule has 1 aromatic carbocycles. The van der Waals surface area contributed by atoms with E-state index in [-0.39, 0.29) is 0 Å². The third kappa shape index (κ3) is 3.84. The van der Waals surface area contributed by atoms with Crippen molar-refractivity contribution in [3.05, 3.63) is 52.6 Å². The van der Waals surface area contributed by atoms with Gasteiger partial charge in [-0.2, -0.15) is 0 Å². The second-order valence-corrected chi connectivity index (χ2v) is 5.67. The number of halogens is 1. The Balaban J connectivity index is 2.09. The quantitative estimate of drug-likeness (QED) is 0.880. The Kier molecular flexibility index (Phi) is 5.21. The molecule has 0 fully saturated rings. The van der Waals surface area contributed by atoms with Crippen LogP contribution in [0.2, 0.25) is 5.02 Å². The molecule has 0 saturated carbocycles. The second kappa shape index (κ2) is 6.91. The Morgan fingerprint density at radius 3 is 2.80 bits per heavy atom. The monoisotopic (exact) mass is 291 g/mol. The van der Waals surface area contributed by atoms with Gasteiger partial charge in [-0.25, -0.2) is 4.98 Å². The molecule has 1 N–H and O–H groups in total. The lowest BCUT2D eigenvalue weighted by molar-refractivity contribution is 0.589. The highest BCUT2D eigenvalue weighted by Crippen LogP contribution is 2.19. The number of imidazole rings is 1. The first-order valence-corrected chi connectivity index (χ1v) is 7.48. The van der Waals surface area contributed by atoms with Crippen LogP contribution in [-0.2, 0) is 19.5 Å². The predicted molar refractivity (Wildman–Crippen MR) is 84.1 cm³/mol. The van der Waals surface area contributed by atoms with Gasteiger partial charge in [-0.15, -0.1) is 0 Å². The van der Waals surface area contributed by atoms with Crippen LogP contribution in [0.3, 0.4) is 0 Å². The van der Waals surface area contributed by atoms with Gasteiger partial charge in [0.1, 0.15) is 5.82 Å². The summed E-state index contributed by atoms with van der Waals surface area (Å²) < 4.78 is 2.15. The molecule has 2 rings (SSSR count). The molecule has 108 valence electrons. The number of aromatic nitrogens is 2. The first-order chi connectivity index (χ1) is 9.60. The third-order valence-corrected chi connectivity index (χ3v) is 3.67. The summed E-state index contributed by atoms with van der Waals surface area (Å²) in [6.45, 7) is 8.14. The van der Waals surface area contributed by atoms with Crippen molar-refractivity contribution >= 4 is 11.6 Å². The summed E-state index contributed by atoms with van der Waals surface area (Å²) in [5.74, 6) is 1.08. The van der Waals surface area contributed by atoms with E-state index in [0.717, 1.165) is 35.9 Å².